The minimum absolute atomic E-state index is 0.366. The Morgan fingerprint density at radius 2 is 1.48 bits per heavy atom. The molecule has 0 bridgehead atoms. The molecule has 6 nitrogen and oxygen atoms in total. The molecule has 0 aromatic heterocycles. The van der Waals surface area contributed by atoms with Crippen molar-refractivity contribution in [3.63, 3.8) is 0 Å². The van der Waals surface area contributed by atoms with Gasteiger partial charge in [-0.1, -0.05) is 6.07 Å². The molecule has 2 aromatic rings. The van der Waals surface area contributed by atoms with E-state index in [1.54, 1.807) is 30.7 Å². The molecule has 0 atom stereocenters. The van der Waals surface area contributed by atoms with E-state index in [2.05, 4.69) is 4.90 Å². The summed E-state index contributed by atoms with van der Waals surface area (Å²) < 4.78 is 38.1. The maximum atomic E-state index is 12.9. The zero-order valence-corrected chi connectivity index (χ0v) is 17.0. The molecule has 0 spiro atoms. The Morgan fingerprint density at radius 1 is 0.815 bits per heavy atom. The molecular weight excluding hydrogens is 364 g/mol. The molecule has 146 valence electrons. The van der Waals surface area contributed by atoms with Crippen LogP contribution in [0, 0.1) is 13.8 Å². The van der Waals surface area contributed by atoms with E-state index in [1.807, 2.05) is 38.1 Å². The fourth-order valence-electron chi connectivity index (χ4n) is 3.23. The third kappa shape index (κ3) is 3.89. The fraction of sp³-hybridized carbons (Fsp3) is 0.400. The normalized spacial score (nSPS) is 15.6. The number of anilines is 1. The summed E-state index contributed by atoms with van der Waals surface area (Å²) in [4.78, 5) is 2.53. The Labute approximate surface area is 161 Å². The molecule has 1 aliphatic rings. The number of rotatable bonds is 5. The number of sulfonamides is 1. The number of hydrogen-bond acceptors (Lipinski definition) is 5. The molecular formula is C20H26N2O4S. The maximum Gasteiger partial charge on any atom is 0.243 e. The van der Waals surface area contributed by atoms with Gasteiger partial charge in [0.25, 0.3) is 0 Å². The van der Waals surface area contributed by atoms with Gasteiger partial charge in [0.1, 0.15) is 0 Å². The van der Waals surface area contributed by atoms with Crippen molar-refractivity contribution in [2.75, 3.05) is 45.3 Å². The van der Waals surface area contributed by atoms with Crippen LogP contribution in [0.1, 0.15) is 11.1 Å². The Balaban J connectivity index is 1.74. The van der Waals surface area contributed by atoms with Gasteiger partial charge in [-0.05, 0) is 49.2 Å². The van der Waals surface area contributed by atoms with Crippen molar-refractivity contribution in [2.24, 2.45) is 0 Å². The summed E-state index contributed by atoms with van der Waals surface area (Å²) in [6, 6.07) is 11.1. The minimum Gasteiger partial charge on any atom is -0.493 e. The first-order valence-corrected chi connectivity index (χ1v) is 10.3. The maximum absolute atomic E-state index is 12.9. The molecule has 0 radical (unpaired) electrons. The van der Waals surface area contributed by atoms with Crippen LogP contribution >= 0.6 is 0 Å². The van der Waals surface area contributed by atoms with Crippen LogP contribution < -0.4 is 14.4 Å². The Morgan fingerprint density at radius 3 is 2.07 bits per heavy atom. The third-order valence-electron chi connectivity index (χ3n) is 5.09. The molecule has 27 heavy (non-hydrogen) atoms. The highest BCUT2D eigenvalue weighted by atomic mass is 32.2. The molecule has 1 saturated heterocycles. The van der Waals surface area contributed by atoms with Crippen molar-refractivity contribution >= 4 is 15.7 Å². The summed E-state index contributed by atoms with van der Waals surface area (Å²) in [5, 5.41) is 0. The van der Waals surface area contributed by atoms with Crippen molar-refractivity contribution in [1.82, 2.24) is 4.31 Å². The minimum atomic E-state index is -3.47. The Hall–Kier alpha value is -2.25. The van der Waals surface area contributed by atoms with Crippen molar-refractivity contribution in [1.29, 1.82) is 0 Å². The standard InChI is InChI=1S/C20H26N2O4S/c1-15-5-7-18(13-16(15)2)27(23,24)22-11-9-21(10-12-22)17-6-8-19(25-3)20(14-17)26-4/h5-8,13-14H,9-12H2,1-4H3. The molecule has 0 saturated carbocycles. The van der Waals surface area contributed by atoms with Gasteiger partial charge in [-0.15, -0.1) is 0 Å². The third-order valence-corrected chi connectivity index (χ3v) is 6.98. The highest BCUT2D eigenvalue weighted by Crippen LogP contribution is 2.32. The zero-order chi connectivity index (χ0) is 19.6. The van der Waals surface area contributed by atoms with Crippen LogP contribution in [0.4, 0.5) is 5.69 Å². The van der Waals surface area contributed by atoms with Crippen LogP contribution in [-0.2, 0) is 10.0 Å². The quantitative estimate of drug-likeness (QED) is 0.786. The van der Waals surface area contributed by atoms with E-state index in [0.29, 0.717) is 42.6 Å². The number of methoxy groups -OCH3 is 2. The fourth-order valence-corrected chi connectivity index (χ4v) is 4.74. The van der Waals surface area contributed by atoms with Crippen LogP contribution in [0.2, 0.25) is 0 Å². The lowest BCUT2D eigenvalue weighted by atomic mass is 10.1. The van der Waals surface area contributed by atoms with E-state index in [9.17, 15) is 8.42 Å². The largest absolute Gasteiger partial charge is 0.493 e. The van der Waals surface area contributed by atoms with Crippen molar-refractivity contribution in [2.45, 2.75) is 18.7 Å². The van der Waals surface area contributed by atoms with E-state index < -0.39 is 10.0 Å². The highest BCUT2D eigenvalue weighted by Gasteiger charge is 2.29. The van der Waals surface area contributed by atoms with Crippen LogP contribution in [-0.4, -0.2) is 53.1 Å². The highest BCUT2D eigenvalue weighted by molar-refractivity contribution is 7.89. The monoisotopic (exact) mass is 390 g/mol. The first kappa shape index (κ1) is 19.5. The molecule has 0 N–H and O–H groups in total. The van der Waals surface area contributed by atoms with Gasteiger partial charge in [0.2, 0.25) is 10.0 Å². The molecule has 2 aromatic carbocycles. The van der Waals surface area contributed by atoms with Crippen LogP contribution in [0.3, 0.4) is 0 Å². The molecule has 3 rings (SSSR count). The van der Waals surface area contributed by atoms with Gasteiger partial charge in [-0.3, -0.25) is 0 Å². The lowest BCUT2D eigenvalue weighted by Crippen LogP contribution is -2.48. The molecule has 0 unspecified atom stereocenters. The lowest BCUT2D eigenvalue weighted by molar-refractivity contribution is 0.354. The molecule has 1 heterocycles. The number of benzene rings is 2. The second-order valence-electron chi connectivity index (χ2n) is 6.68. The van der Waals surface area contributed by atoms with Gasteiger partial charge >= 0.3 is 0 Å². The number of piperazine rings is 1. The summed E-state index contributed by atoms with van der Waals surface area (Å²) in [7, 11) is -0.256. The Bertz CT molecular complexity index is 920. The second kappa shape index (κ2) is 7.78. The molecule has 0 aliphatic carbocycles. The molecule has 1 fully saturated rings. The van der Waals surface area contributed by atoms with Crippen LogP contribution in [0.25, 0.3) is 0 Å². The lowest BCUT2D eigenvalue weighted by Gasteiger charge is -2.35. The smallest absolute Gasteiger partial charge is 0.243 e. The number of hydrogen-bond donors (Lipinski definition) is 0. The predicted molar refractivity (Wildman–Crippen MR) is 106 cm³/mol. The van der Waals surface area contributed by atoms with Crippen LogP contribution in [0.5, 0.6) is 11.5 Å². The predicted octanol–water partition coefficient (Wildman–Crippen LogP) is 2.83. The number of ether oxygens (including phenoxy) is 2. The van der Waals surface area contributed by atoms with Gasteiger partial charge in [0, 0.05) is 37.9 Å². The zero-order valence-electron chi connectivity index (χ0n) is 16.2. The van der Waals surface area contributed by atoms with Crippen LogP contribution in [0.15, 0.2) is 41.3 Å². The van der Waals surface area contributed by atoms with E-state index in [4.69, 9.17) is 9.47 Å². The summed E-state index contributed by atoms with van der Waals surface area (Å²) >= 11 is 0. The number of nitrogens with zero attached hydrogens (tertiary/aromatic N) is 2. The Kier molecular flexibility index (Phi) is 5.62. The molecule has 7 heteroatoms. The van der Waals surface area contributed by atoms with E-state index >= 15 is 0 Å². The first-order chi connectivity index (χ1) is 12.9. The van der Waals surface area contributed by atoms with Gasteiger partial charge in [0.05, 0.1) is 19.1 Å². The van der Waals surface area contributed by atoms with E-state index in [-0.39, 0.29) is 0 Å². The SMILES string of the molecule is COc1ccc(N2CCN(S(=O)(=O)c3ccc(C)c(C)c3)CC2)cc1OC. The average molecular weight is 391 g/mol. The molecule has 0 amide bonds. The average Bonchev–Trinajstić information content (AvgIpc) is 2.69. The van der Waals surface area contributed by atoms with Crippen molar-refractivity contribution in [3.8, 4) is 11.5 Å². The first-order valence-electron chi connectivity index (χ1n) is 8.91. The van der Waals surface area contributed by atoms with Gasteiger partial charge < -0.3 is 14.4 Å². The van der Waals surface area contributed by atoms with E-state index in [0.717, 1.165) is 16.8 Å². The summed E-state index contributed by atoms with van der Waals surface area (Å²) in [5.74, 6) is 1.34. The van der Waals surface area contributed by atoms with Gasteiger partial charge in [-0.25, -0.2) is 8.42 Å². The van der Waals surface area contributed by atoms with Gasteiger partial charge in [0.15, 0.2) is 11.5 Å². The summed E-state index contributed by atoms with van der Waals surface area (Å²) in [5.41, 5.74) is 3.07. The summed E-state index contributed by atoms with van der Waals surface area (Å²) in [6.07, 6.45) is 0. The van der Waals surface area contributed by atoms with Gasteiger partial charge in [-0.2, -0.15) is 4.31 Å². The second-order valence-corrected chi connectivity index (χ2v) is 8.61. The summed E-state index contributed by atoms with van der Waals surface area (Å²) in [6.45, 7) is 6.06. The van der Waals surface area contributed by atoms with E-state index in [1.165, 1.54) is 0 Å². The van der Waals surface area contributed by atoms with Crippen molar-refractivity contribution in [3.05, 3.63) is 47.5 Å². The number of aryl methyl sites for hydroxylation is 2. The van der Waals surface area contributed by atoms with Crippen molar-refractivity contribution < 1.29 is 17.9 Å². The topological polar surface area (TPSA) is 59.1 Å². The molecule has 1 aliphatic heterocycles.